The van der Waals surface area contributed by atoms with Gasteiger partial charge in [-0.05, 0) is 186 Å². The summed E-state index contributed by atoms with van der Waals surface area (Å²) in [7, 11) is -12.9. The Bertz CT molecular complexity index is 1930. The van der Waals surface area contributed by atoms with E-state index in [9.17, 15) is 28.4 Å². The fourth-order valence-corrected chi connectivity index (χ4v) is 18.2. The number of rotatable bonds is 14. The normalized spacial score (nSPS) is 41.8. The highest BCUT2D eigenvalue weighted by Gasteiger charge is 2.62. The highest BCUT2D eigenvalue weighted by atomic mass is 31.2. The summed E-state index contributed by atoms with van der Waals surface area (Å²) in [5.74, 6) is 4.25. The van der Waals surface area contributed by atoms with Crippen LogP contribution in [-0.2, 0) is 31.8 Å². The summed E-state index contributed by atoms with van der Waals surface area (Å²) in [5, 5.41) is 0. The number of benzene rings is 2. The van der Waals surface area contributed by atoms with Gasteiger partial charge in [-0.3, -0.25) is 23.0 Å². The largest absolute Gasteiger partial charge is 0.584 e. The van der Waals surface area contributed by atoms with E-state index >= 15 is 0 Å². The van der Waals surface area contributed by atoms with E-state index in [0.717, 1.165) is 115 Å². The van der Waals surface area contributed by atoms with Gasteiger partial charge >= 0.3 is 23.5 Å². The van der Waals surface area contributed by atoms with Crippen LogP contribution in [0.2, 0.25) is 0 Å². The monoisotopic (exact) mass is 874 g/mol. The van der Waals surface area contributed by atoms with Crippen molar-refractivity contribution in [2.75, 3.05) is 0 Å². The minimum atomic E-state index is -4.39. The zero-order valence-electron chi connectivity index (χ0n) is 33.8. The average Bonchev–Trinajstić information content (AvgIpc) is 3.14. The second-order valence-electron chi connectivity index (χ2n) is 20.1. The van der Waals surface area contributed by atoms with Crippen molar-refractivity contribution in [1.29, 1.82) is 0 Å². The molecular formula is C44H61O12P3. The molecule has 0 amide bonds. The summed E-state index contributed by atoms with van der Waals surface area (Å²) >= 11 is 0. The third-order valence-corrected chi connectivity index (χ3v) is 19.2. The van der Waals surface area contributed by atoms with Crippen molar-refractivity contribution in [3.8, 4) is 11.5 Å². The van der Waals surface area contributed by atoms with Gasteiger partial charge in [-0.2, -0.15) is 0 Å². The molecule has 0 aromatic heterocycles. The third kappa shape index (κ3) is 8.99. The van der Waals surface area contributed by atoms with Crippen molar-refractivity contribution in [2.24, 2.45) is 47.3 Å². The summed E-state index contributed by atoms with van der Waals surface area (Å²) in [5.41, 5.74) is -0.163. The number of para-hydroxylation sites is 1. The van der Waals surface area contributed by atoms with Crippen molar-refractivity contribution in [2.45, 2.75) is 151 Å². The summed E-state index contributed by atoms with van der Waals surface area (Å²) in [6.07, 6.45) is 16.8. The Labute approximate surface area is 348 Å². The highest BCUT2D eigenvalue weighted by Crippen LogP contribution is 2.70. The van der Waals surface area contributed by atoms with Crippen molar-refractivity contribution in [3.05, 3.63) is 60.2 Å². The minimum absolute atomic E-state index is 0.185. The lowest BCUT2D eigenvalue weighted by atomic mass is 9.47. The Morgan fingerprint density at radius 2 is 0.983 bits per heavy atom. The molecule has 0 spiro atoms. The van der Waals surface area contributed by atoms with Gasteiger partial charge in [0.2, 0.25) is 0 Å². The molecule has 10 aliphatic rings. The molecule has 0 saturated heterocycles. The first-order valence-electron chi connectivity index (χ1n) is 22.5. The fraction of sp³-hybridized carbons (Fsp3) is 0.727. The van der Waals surface area contributed by atoms with E-state index in [1.807, 2.05) is 12.1 Å². The molecule has 7 unspecified atom stereocenters. The maximum absolute atomic E-state index is 14.2. The first-order chi connectivity index (χ1) is 28.2. The van der Waals surface area contributed by atoms with E-state index in [1.165, 1.54) is 0 Å². The molecule has 3 N–H and O–H groups in total. The number of phosphoric ester groups is 3. The number of hydrogen-bond acceptors (Lipinski definition) is 9. The molecule has 7 atom stereocenters. The molecule has 15 heteroatoms. The standard InChI is InChI=1S/C44H61O12P3/c45-57(46,51-37-7-3-1-4-8-37)53-39-15-11-31(12-16-39)41-33-19-29-20-34(41)26-43(23-29,25-33)55-59(49,50)56-44-24-30-21-35(27-44)42(36(22-30)28-44)32-13-17-40(18-14-32)54-58(47,48)52-38-9-5-2-6-10-38/h1,3-4,7-8,11-12,15-16,29-30,32-36,38,40-42H,2,5-6,9-10,13-14,17-28H2,(H,45,46)(H,47,48)(H,49,50). The summed E-state index contributed by atoms with van der Waals surface area (Å²) in [6.45, 7) is 0. The van der Waals surface area contributed by atoms with E-state index in [4.69, 9.17) is 27.1 Å². The summed E-state index contributed by atoms with van der Waals surface area (Å²) < 4.78 is 74.6. The topological polar surface area (TPSA) is 167 Å². The average molecular weight is 875 g/mol. The molecule has 0 aliphatic heterocycles. The fourth-order valence-electron chi connectivity index (χ4n) is 14.7. The van der Waals surface area contributed by atoms with Crippen LogP contribution in [0.3, 0.4) is 0 Å². The van der Waals surface area contributed by atoms with Crippen LogP contribution in [0.15, 0.2) is 54.6 Å². The van der Waals surface area contributed by atoms with Crippen LogP contribution in [0.1, 0.15) is 133 Å². The quantitative estimate of drug-likeness (QED) is 0.154. The second-order valence-corrected chi connectivity index (χ2v) is 24.0. The SMILES string of the molecule is O=P(O)(Oc1ccccc1)Oc1ccc(C2C3CC4CC2CC(OP(=O)(O)OC25CC6CC(C2)C(C2CCC(OP(=O)(O)OC7CCCCC7)CC2)C(C6)C5)(C4)C3)cc1. The molecule has 59 heavy (non-hydrogen) atoms. The molecule has 0 radical (unpaired) electrons. The van der Waals surface area contributed by atoms with Gasteiger partial charge in [-0.25, -0.2) is 13.7 Å². The number of phosphoric acid groups is 3. The first kappa shape index (κ1) is 41.5. The molecule has 2 aromatic carbocycles. The lowest BCUT2D eigenvalue weighted by Gasteiger charge is -2.62. The Morgan fingerprint density at radius 1 is 0.492 bits per heavy atom. The van der Waals surface area contributed by atoms with Crippen LogP contribution in [0.4, 0.5) is 0 Å². The van der Waals surface area contributed by atoms with Gasteiger partial charge in [0.15, 0.2) is 0 Å². The van der Waals surface area contributed by atoms with Crippen molar-refractivity contribution < 1.29 is 55.5 Å². The van der Waals surface area contributed by atoms with E-state index in [0.29, 0.717) is 60.2 Å². The van der Waals surface area contributed by atoms with Gasteiger partial charge in [-0.15, -0.1) is 0 Å². The molecule has 0 heterocycles. The Kier molecular flexibility index (Phi) is 11.2. The Hall–Kier alpha value is -1.55. The Balaban J connectivity index is 0.744. The van der Waals surface area contributed by atoms with Gasteiger partial charge in [-0.1, -0.05) is 49.6 Å². The van der Waals surface area contributed by atoms with Crippen molar-refractivity contribution >= 4 is 23.5 Å². The van der Waals surface area contributed by atoms with Crippen LogP contribution in [0.25, 0.3) is 0 Å². The van der Waals surface area contributed by atoms with E-state index in [1.54, 1.807) is 42.5 Å². The third-order valence-electron chi connectivity index (χ3n) is 16.0. The van der Waals surface area contributed by atoms with Crippen LogP contribution in [0.5, 0.6) is 11.5 Å². The zero-order chi connectivity index (χ0) is 40.6. The molecule has 10 saturated carbocycles. The molecule has 12 rings (SSSR count). The van der Waals surface area contributed by atoms with Crippen LogP contribution in [0, 0.1) is 47.3 Å². The zero-order valence-corrected chi connectivity index (χ0v) is 36.5. The maximum atomic E-state index is 14.2. The lowest BCUT2D eigenvalue weighted by molar-refractivity contribution is -0.176. The molecule has 10 aliphatic carbocycles. The van der Waals surface area contributed by atoms with Gasteiger partial charge in [0.05, 0.1) is 23.4 Å². The second kappa shape index (κ2) is 15.9. The van der Waals surface area contributed by atoms with E-state index < -0.39 is 34.7 Å². The molecule has 8 bridgehead atoms. The van der Waals surface area contributed by atoms with Gasteiger partial charge < -0.3 is 18.8 Å². The molecule has 12 nitrogen and oxygen atoms in total. The van der Waals surface area contributed by atoms with Crippen LogP contribution in [-0.4, -0.2) is 38.1 Å². The summed E-state index contributed by atoms with van der Waals surface area (Å²) in [6, 6.07) is 15.8. The first-order valence-corrected chi connectivity index (χ1v) is 27.0. The molecule has 324 valence electrons. The number of hydrogen-bond donors (Lipinski definition) is 3. The van der Waals surface area contributed by atoms with Gasteiger partial charge in [0.1, 0.15) is 11.5 Å². The predicted octanol–water partition coefficient (Wildman–Crippen LogP) is 11.3. The van der Waals surface area contributed by atoms with Crippen LogP contribution >= 0.6 is 23.5 Å². The van der Waals surface area contributed by atoms with Gasteiger partial charge in [0.25, 0.3) is 0 Å². The smallest absolute Gasteiger partial charge is 0.395 e. The Morgan fingerprint density at radius 3 is 1.54 bits per heavy atom. The molecule has 2 aromatic rings. The van der Waals surface area contributed by atoms with Crippen molar-refractivity contribution in [1.82, 2.24) is 0 Å². The highest BCUT2D eigenvalue weighted by molar-refractivity contribution is 7.48. The van der Waals surface area contributed by atoms with Gasteiger partial charge in [0, 0.05) is 0 Å². The molecule has 10 fully saturated rings. The summed E-state index contributed by atoms with van der Waals surface area (Å²) in [4.78, 5) is 32.5. The van der Waals surface area contributed by atoms with Crippen LogP contribution < -0.4 is 9.05 Å². The molecular weight excluding hydrogens is 813 g/mol. The minimum Gasteiger partial charge on any atom is -0.395 e. The predicted molar refractivity (Wildman–Crippen MR) is 219 cm³/mol. The maximum Gasteiger partial charge on any atom is 0.584 e. The van der Waals surface area contributed by atoms with E-state index in [-0.39, 0.29) is 29.6 Å². The lowest BCUT2D eigenvalue weighted by Crippen LogP contribution is -2.58. The van der Waals surface area contributed by atoms with E-state index in [2.05, 4.69) is 0 Å². The van der Waals surface area contributed by atoms with Crippen molar-refractivity contribution in [3.63, 3.8) is 0 Å².